The molecule has 0 aliphatic carbocycles. The number of rotatable bonds is 18. The number of carbonyl (C=O) groups excluding carboxylic acids is 1. The molecule has 4 N–H and O–H groups in total. The summed E-state index contributed by atoms with van der Waals surface area (Å²) >= 11 is 23.3. The van der Waals surface area contributed by atoms with Crippen molar-refractivity contribution < 1.29 is 14.7 Å². The highest BCUT2D eigenvalue weighted by Gasteiger charge is 2.34. The van der Waals surface area contributed by atoms with Gasteiger partial charge in [0.1, 0.15) is 6.17 Å². The number of nitrogens with one attached hydrogen (secondary N) is 3. The highest BCUT2D eigenvalue weighted by Crippen LogP contribution is 2.29. The second-order valence-corrected chi connectivity index (χ2v) is 11.8. The van der Waals surface area contributed by atoms with Crippen molar-refractivity contribution in [3.05, 3.63) is 29.8 Å². The van der Waals surface area contributed by atoms with E-state index in [0.29, 0.717) is 12.1 Å². The summed E-state index contributed by atoms with van der Waals surface area (Å²) in [6, 6.07) is 6.12. The number of aromatic carboxylic acids is 1. The lowest BCUT2D eigenvalue weighted by molar-refractivity contribution is -0.122. The molecule has 1 amide bonds. The monoisotopic (exact) mass is 579 g/mol. The number of carboxylic acid groups (broad SMARTS) is 1. The minimum absolute atomic E-state index is 0.0788. The van der Waals surface area contributed by atoms with Gasteiger partial charge in [0, 0.05) is 12.1 Å². The molecule has 6 nitrogen and oxygen atoms in total. The fraction of sp³-hybridized carbons (Fsp3) is 0.654. The fourth-order valence-electron chi connectivity index (χ4n) is 3.76. The molecular weight excluding hydrogens is 541 g/mol. The predicted octanol–water partition coefficient (Wildman–Crippen LogP) is 7.97. The lowest BCUT2D eigenvalue weighted by Gasteiger charge is -2.27. The molecule has 0 bridgehead atoms. The van der Waals surface area contributed by atoms with Crippen molar-refractivity contribution in [2.24, 2.45) is 0 Å². The van der Waals surface area contributed by atoms with Crippen LogP contribution in [0.3, 0.4) is 0 Å². The van der Waals surface area contributed by atoms with E-state index in [9.17, 15) is 9.59 Å². The molecule has 0 unspecified atom stereocenters. The number of anilines is 1. The highest BCUT2D eigenvalue weighted by molar-refractivity contribution is 7.80. The Kier molecular flexibility index (Phi) is 17.2. The smallest absolute Gasteiger partial charge is 0.335 e. The van der Waals surface area contributed by atoms with Gasteiger partial charge in [-0.3, -0.25) is 4.79 Å². The van der Waals surface area contributed by atoms with Crippen LogP contribution in [0.25, 0.3) is 0 Å². The molecule has 1 atom stereocenters. The number of halogens is 3. The third-order valence-corrected chi connectivity index (χ3v) is 6.66. The number of hydrogen-bond donors (Lipinski definition) is 4. The summed E-state index contributed by atoms with van der Waals surface area (Å²) in [7, 11) is 0. The van der Waals surface area contributed by atoms with Gasteiger partial charge in [0.05, 0.1) is 5.56 Å². The Balaban J connectivity index is 2.26. The number of carboxylic acids is 1. The number of amides is 1. The molecule has 204 valence electrons. The lowest BCUT2D eigenvalue weighted by atomic mass is 10.0. The second-order valence-electron chi connectivity index (χ2n) is 9.02. The van der Waals surface area contributed by atoms with E-state index >= 15 is 0 Å². The molecule has 1 aromatic carbocycles. The van der Waals surface area contributed by atoms with Gasteiger partial charge in [-0.15, -0.1) is 0 Å². The van der Waals surface area contributed by atoms with Crippen molar-refractivity contribution in [2.75, 3.05) is 5.32 Å². The minimum atomic E-state index is -1.85. The quantitative estimate of drug-likeness (QED) is 0.0609. The van der Waals surface area contributed by atoms with E-state index in [-0.39, 0.29) is 16.6 Å². The normalized spacial score (nSPS) is 12.1. The maximum atomic E-state index is 12.4. The fourth-order valence-corrected chi connectivity index (χ4v) is 4.33. The van der Waals surface area contributed by atoms with Crippen LogP contribution in [0.15, 0.2) is 24.3 Å². The number of hydrogen-bond acceptors (Lipinski definition) is 3. The Morgan fingerprint density at radius 3 is 1.92 bits per heavy atom. The Hall–Kier alpha value is -1.28. The number of unbranched alkanes of at least 4 members (excludes halogenated alkanes) is 12. The van der Waals surface area contributed by atoms with Gasteiger partial charge in [0.2, 0.25) is 9.70 Å². The van der Waals surface area contributed by atoms with Crippen LogP contribution in [0.1, 0.15) is 107 Å². The first-order valence-electron chi connectivity index (χ1n) is 12.9. The molecule has 0 spiro atoms. The molecule has 0 aliphatic rings. The summed E-state index contributed by atoms with van der Waals surface area (Å²) in [5.74, 6) is -1.30. The van der Waals surface area contributed by atoms with E-state index < -0.39 is 15.9 Å². The van der Waals surface area contributed by atoms with Gasteiger partial charge < -0.3 is 21.1 Å². The van der Waals surface area contributed by atoms with Crippen LogP contribution in [0.5, 0.6) is 0 Å². The summed E-state index contributed by atoms with van der Waals surface area (Å²) in [4.78, 5) is 23.5. The van der Waals surface area contributed by atoms with Crippen LogP contribution in [-0.2, 0) is 4.79 Å². The molecule has 0 saturated heterocycles. The minimum Gasteiger partial charge on any atom is -0.478 e. The van der Waals surface area contributed by atoms with Crippen molar-refractivity contribution in [3.8, 4) is 0 Å². The Morgan fingerprint density at radius 1 is 0.889 bits per heavy atom. The third-order valence-electron chi connectivity index (χ3n) is 5.78. The molecule has 1 rings (SSSR count). The maximum Gasteiger partial charge on any atom is 0.335 e. The first kappa shape index (κ1) is 32.7. The molecule has 1 aromatic rings. The summed E-state index contributed by atoms with van der Waals surface area (Å²) in [5, 5.41) is 17.5. The maximum absolute atomic E-state index is 12.4. The van der Waals surface area contributed by atoms with Crippen LogP contribution in [-0.4, -0.2) is 32.1 Å². The van der Waals surface area contributed by atoms with Gasteiger partial charge in [0.25, 0.3) is 0 Å². The van der Waals surface area contributed by atoms with Gasteiger partial charge in [-0.2, -0.15) is 0 Å². The lowest BCUT2D eigenvalue weighted by Crippen LogP contribution is -2.56. The molecule has 0 heterocycles. The molecule has 0 radical (unpaired) electrons. The van der Waals surface area contributed by atoms with E-state index in [1.54, 1.807) is 12.1 Å². The van der Waals surface area contributed by atoms with Crippen molar-refractivity contribution in [1.29, 1.82) is 0 Å². The van der Waals surface area contributed by atoms with Crippen LogP contribution < -0.4 is 16.0 Å². The van der Waals surface area contributed by atoms with Crippen LogP contribution in [0.4, 0.5) is 5.69 Å². The zero-order valence-electron chi connectivity index (χ0n) is 21.1. The van der Waals surface area contributed by atoms with Crippen LogP contribution in [0.2, 0.25) is 0 Å². The average molecular weight is 581 g/mol. The highest BCUT2D eigenvalue weighted by atomic mass is 35.6. The van der Waals surface area contributed by atoms with Crippen LogP contribution >= 0.6 is 47.0 Å². The predicted molar refractivity (Wildman–Crippen MR) is 155 cm³/mol. The first-order chi connectivity index (χ1) is 17.1. The van der Waals surface area contributed by atoms with Crippen molar-refractivity contribution in [1.82, 2.24) is 10.6 Å². The van der Waals surface area contributed by atoms with Gasteiger partial charge in [0.15, 0.2) is 5.11 Å². The largest absolute Gasteiger partial charge is 0.478 e. The number of carbonyl (C=O) groups is 2. The molecule has 0 saturated carbocycles. The summed E-state index contributed by atoms with van der Waals surface area (Å²) in [6.07, 6.45) is 15.3. The molecular formula is C26H40Cl3N3O3S. The first-order valence-corrected chi connectivity index (χ1v) is 14.4. The Labute approximate surface area is 236 Å². The second kappa shape index (κ2) is 18.9. The third kappa shape index (κ3) is 15.7. The topological polar surface area (TPSA) is 90.5 Å². The van der Waals surface area contributed by atoms with E-state index in [0.717, 1.165) is 19.3 Å². The standard InChI is InChI=1S/C26H40Cl3N3O3S/c1-2-3-4-5-6-7-8-9-10-11-12-13-14-18-22(33)31-24(26(27,28)29)32-25(36)30-21-17-15-16-20(19-21)23(34)35/h15-17,19,24H,2-14,18H2,1H3,(H,31,33)(H,34,35)(H2,30,32,36)/t24-/m1/s1. The van der Waals surface area contributed by atoms with Gasteiger partial charge in [-0.1, -0.05) is 125 Å². The molecule has 0 fully saturated rings. The van der Waals surface area contributed by atoms with Gasteiger partial charge in [-0.25, -0.2) is 4.79 Å². The van der Waals surface area contributed by atoms with Gasteiger partial charge >= 0.3 is 5.97 Å². The number of benzene rings is 1. The van der Waals surface area contributed by atoms with Crippen molar-refractivity contribution in [3.63, 3.8) is 0 Å². The van der Waals surface area contributed by atoms with Crippen molar-refractivity contribution in [2.45, 2.75) is 107 Å². The summed E-state index contributed by atoms with van der Waals surface area (Å²) in [6.45, 7) is 2.24. The Morgan fingerprint density at radius 2 is 1.42 bits per heavy atom. The molecule has 0 aliphatic heterocycles. The summed E-state index contributed by atoms with van der Waals surface area (Å²) in [5.41, 5.74) is 0.556. The van der Waals surface area contributed by atoms with Crippen molar-refractivity contribution >= 4 is 69.7 Å². The number of alkyl halides is 3. The van der Waals surface area contributed by atoms with E-state index in [1.807, 2.05) is 0 Å². The number of thiocarbonyl (C=S) groups is 1. The zero-order valence-corrected chi connectivity index (χ0v) is 24.2. The van der Waals surface area contributed by atoms with E-state index in [4.69, 9.17) is 52.1 Å². The molecule has 0 aromatic heterocycles. The SMILES string of the molecule is CCCCCCCCCCCCCCCC(=O)N[C@H](NC(=S)Nc1cccc(C(=O)O)c1)C(Cl)(Cl)Cl. The average Bonchev–Trinajstić information content (AvgIpc) is 2.81. The Bertz CT molecular complexity index is 806. The van der Waals surface area contributed by atoms with E-state index in [1.165, 1.54) is 76.3 Å². The molecule has 36 heavy (non-hydrogen) atoms. The summed E-state index contributed by atoms with van der Waals surface area (Å²) < 4.78 is -1.85. The molecule has 10 heteroatoms. The zero-order chi connectivity index (χ0) is 26.8. The van der Waals surface area contributed by atoms with E-state index in [2.05, 4.69) is 22.9 Å². The van der Waals surface area contributed by atoms with Gasteiger partial charge in [-0.05, 0) is 36.8 Å². The van der Waals surface area contributed by atoms with Crippen LogP contribution in [0, 0.1) is 0 Å².